The maximum Gasteiger partial charge on any atom is 0.289 e. The minimum atomic E-state index is -0.437. The summed E-state index contributed by atoms with van der Waals surface area (Å²) in [5, 5.41) is 6.64. The van der Waals surface area contributed by atoms with Crippen LogP contribution in [0.1, 0.15) is 36.3 Å². The van der Waals surface area contributed by atoms with Crippen molar-refractivity contribution in [3.05, 3.63) is 59.9 Å². The van der Waals surface area contributed by atoms with Crippen LogP contribution in [-0.4, -0.2) is 28.3 Å². The lowest BCUT2D eigenvalue weighted by atomic mass is 10.0. The molecule has 0 saturated heterocycles. The first-order valence-electron chi connectivity index (χ1n) is 8.07. The van der Waals surface area contributed by atoms with E-state index in [0.29, 0.717) is 11.4 Å². The molecule has 0 fully saturated rings. The number of carbonyl (C=O) groups is 3. The number of hydrogen-bond donors (Lipinski definition) is 2. The minimum absolute atomic E-state index is 0.0730. The van der Waals surface area contributed by atoms with Gasteiger partial charge in [-0.15, -0.1) is 0 Å². The summed E-state index contributed by atoms with van der Waals surface area (Å²) in [7, 11) is 0. The van der Waals surface area contributed by atoms with Crippen LogP contribution in [0.5, 0.6) is 0 Å². The standard InChI is InChI=1S/C19H20N4O3/c1-13(22-23-19(26)18-9-5-6-10-20-18)11-16(25)12-15-7-3-4-8-17(15)21-14(2)24/h3-10H,11-12H2,1-2H3,(H,21,24)(H,23,26)/b22-13+. The lowest BCUT2D eigenvalue weighted by Gasteiger charge is -2.09. The summed E-state index contributed by atoms with van der Waals surface area (Å²) >= 11 is 0. The first-order chi connectivity index (χ1) is 12.5. The number of hydrogen-bond acceptors (Lipinski definition) is 5. The zero-order valence-corrected chi connectivity index (χ0v) is 14.7. The molecule has 0 saturated carbocycles. The van der Waals surface area contributed by atoms with Gasteiger partial charge in [0.05, 0.1) is 0 Å². The normalized spacial score (nSPS) is 10.9. The number of aromatic nitrogens is 1. The number of nitrogens with one attached hydrogen (secondary N) is 2. The topological polar surface area (TPSA) is 101 Å². The van der Waals surface area contributed by atoms with Crippen molar-refractivity contribution in [1.29, 1.82) is 0 Å². The van der Waals surface area contributed by atoms with Crippen molar-refractivity contribution in [3.63, 3.8) is 0 Å². The quantitative estimate of drug-likeness (QED) is 0.590. The van der Waals surface area contributed by atoms with Crippen LogP contribution in [-0.2, 0) is 16.0 Å². The number of Topliss-reactive ketones (excluding diaryl/α,β-unsaturated/α-hetero) is 1. The minimum Gasteiger partial charge on any atom is -0.326 e. The molecule has 134 valence electrons. The average molecular weight is 352 g/mol. The van der Waals surface area contributed by atoms with E-state index in [1.54, 1.807) is 43.3 Å². The highest BCUT2D eigenvalue weighted by atomic mass is 16.2. The zero-order chi connectivity index (χ0) is 18.9. The number of amides is 2. The number of nitrogens with zero attached hydrogens (tertiary/aromatic N) is 2. The Morgan fingerprint density at radius 1 is 1.04 bits per heavy atom. The summed E-state index contributed by atoms with van der Waals surface area (Å²) in [6.45, 7) is 3.08. The van der Waals surface area contributed by atoms with Crippen molar-refractivity contribution in [2.45, 2.75) is 26.7 Å². The number of carbonyl (C=O) groups excluding carboxylic acids is 3. The van der Waals surface area contributed by atoms with Gasteiger partial charge in [-0.2, -0.15) is 5.10 Å². The Balaban J connectivity index is 1.93. The molecular weight excluding hydrogens is 332 g/mol. The number of benzene rings is 1. The fraction of sp³-hybridized carbons (Fsp3) is 0.211. The van der Waals surface area contributed by atoms with E-state index < -0.39 is 5.91 Å². The van der Waals surface area contributed by atoms with Gasteiger partial charge in [0.25, 0.3) is 5.91 Å². The van der Waals surface area contributed by atoms with E-state index in [2.05, 4.69) is 20.8 Å². The molecule has 2 N–H and O–H groups in total. The summed E-state index contributed by atoms with van der Waals surface area (Å²) in [5.74, 6) is -0.704. The number of pyridine rings is 1. The van der Waals surface area contributed by atoms with Crippen LogP contribution >= 0.6 is 0 Å². The van der Waals surface area contributed by atoms with Crippen molar-refractivity contribution in [2.75, 3.05) is 5.32 Å². The van der Waals surface area contributed by atoms with Crippen LogP contribution in [0.25, 0.3) is 0 Å². The smallest absolute Gasteiger partial charge is 0.289 e. The third-order valence-corrected chi connectivity index (χ3v) is 3.41. The monoisotopic (exact) mass is 352 g/mol. The molecule has 0 spiro atoms. The van der Waals surface area contributed by atoms with E-state index in [4.69, 9.17) is 0 Å². The molecule has 0 bridgehead atoms. The first kappa shape index (κ1) is 19.0. The van der Waals surface area contributed by atoms with Crippen LogP contribution in [0.15, 0.2) is 53.8 Å². The molecule has 7 heteroatoms. The summed E-state index contributed by atoms with van der Waals surface area (Å²) in [6, 6.07) is 12.1. The van der Waals surface area contributed by atoms with Gasteiger partial charge in [0, 0.05) is 37.4 Å². The molecule has 2 aromatic rings. The second-order valence-electron chi connectivity index (χ2n) is 5.73. The molecule has 0 unspecified atom stereocenters. The predicted molar refractivity (Wildman–Crippen MR) is 98.9 cm³/mol. The lowest BCUT2D eigenvalue weighted by Crippen LogP contribution is -2.21. The molecule has 0 radical (unpaired) electrons. The van der Waals surface area contributed by atoms with Gasteiger partial charge in [-0.3, -0.25) is 19.4 Å². The molecule has 0 aliphatic rings. The summed E-state index contributed by atoms with van der Waals surface area (Å²) in [6.07, 6.45) is 1.77. The van der Waals surface area contributed by atoms with E-state index in [-0.39, 0.29) is 30.2 Å². The van der Waals surface area contributed by atoms with Gasteiger partial charge in [-0.25, -0.2) is 5.43 Å². The first-order valence-corrected chi connectivity index (χ1v) is 8.07. The van der Waals surface area contributed by atoms with Gasteiger partial charge < -0.3 is 5.32 Å². The van der Waals surface area contributed by atoms with Crippen molar-refractivity contribution in [3.8, 4) is 0 Å². The Morgan fingerprint density at radius 3 is 2.46 bits per heavy atom. The van der Waals surface area contributed by atoms with Crippen LogP contribution in [0.2, 0.25) is 0 Å². The molecule has 0 aliphatic carbocycles. The molecule has 26 heavy (non-hydrogen) atoms. The Labute approximate surface area is 151 Å². The van der Waals surface area contributed by atoms with Crippen molar-refractivity contribution in [2.24, 2.45) is 5.10 Å². The second kappa shape index (κ2) is 9.22. The number of anilines is 1. The maximum absolute atomic E-state index is 12.3. The van der Waals surface area contributed by atoms with Crippen LogP contribution < -0.4 is 10.7 Å². The Morgan fingerprint density at radius 2 is 1.77 bits per heavy atom. The van der Waals surface area contributed by atoms with E-state index in [9.17, 15) is 14.4 Å². The number of hydrazone groups is 1. The average Bonchev–Trinajstić information content (AvgIpc) is 2.61. The SMILES string of the molecule is CC(=O)Nc1ccccc1CC(=O)C/C(C)=N/NC(=O)c1ccccn1. The van der Waals surface area contributed by atoms with Crippen LogP contribution in [0.4, 0.5) is 5.69 Å². The highest BCUT2D eigenvalue weighted by Gasteiger charge is 2.11. The van der Waals surface area contributed by atoms with Gasteiger partial charge in [-0.1, -0.05) is 24.3 Å². The van der Waals surface area contributed by atoms with Gasteiger partial charge in [0.2, 0.25) is 5.91 Å². The second-order valence-corrected chi connectivity index (χ2v) is 5.73. The van der Waals surface area contributed by atoms with Crippen molar-refractivity contribution in [1.82, 2.24) is 10.4 Å². The third-order valence-electron chi connectivity index (χ3n) is 3.41. The van der Waals surface area contributed by atoms with Gasteiger partial charge >= 0.3 is 0 Å². The highest BCUT2D eigenvalue weighted by Crippen LogP contribution is 2.16. The summed E-state index contributed by atoms with van der Waals surface area (Å²) in [4.78, 5) is 39.3. The molecular formula is C19H20N4O3. The Kier molecular flexibility index (Phi) is 6.73. The maximum atomic E-state index is 12.3. The fourth-order valence-electron chi connectivity index (χ4n) is 2.29. The number of rotatable bonds is 7. The predicted octanol–water partition coefficient (Wildman–Crippen LogP) is 2.35. The largest absolute Gasteiger partial charge is 0.326 e. The lowest BCUT2D eigenvalue weighted by molar-refractivity contribution is -0.117. The highest BCUT2D eigenvalue weighted by molar-refractivity contribution is 6.03. The molecule has 2 amide bonds. The molecule has 1 heterocycles. The van der Waals surface area contributed by atoms with Crippen molar-refractivity contribution < 1.29 is 14.4 Å². The summed E-state index contributed by atoms with van der Waals surface area (Å²) in [5.41, 5.74) is 4.47. The van der Waals surface area contributed by atoms with Gasteiger partial charge in [0.1, 0.15) is 11.5 Å². The Hall–Kier alpha value is -3.35. The molecule has 7 nitrogen and oxygen atoms in total. The number of para-hydroxylation sites is 1. The molecule has 1 aromatic heterocycles. The van der Waals surface area contributed by atoms with E-state index in [1.165, 1.54) is 13.1 Å². The van der Waals surface area contributed by atoms with Gasteiger partial charge in [-0.05, 0) is 30.7 Å². The van der Waals surface area contributed by atoms with Crippen LogP contribution in [0, 0.1) is 0 Å². The molecule has 2 rings (SSSR count). The molecule has 0 atom stereocenters. The summed E-state index contributed by atoms with van der Waals surface area (Å²) < 4.78 is 0. The molecule has 0 aliphatic heterocycles. The van der Waals surface area contributed by atoms with Crippen molar-refractivity contribution >= 4 is 29.0 Å². The van der Waals surface area contributed by atoms with Gasteiger partial charge in [0.15, 0.2) is 0 Å². The Bertz CT molecular complexity index is 832. The zero-order valence-electron chi connectivity index (χ0n) is 14.7. The van der Waals surface area contributed by atoms with Crippen LogP contribution in [0.3, 0.4) is 0 Å². The van der Waals surface area contributed by atoms with E-state index >= 15 is 0 Å². The fourth-order valence-corrected chi connectivity index (χ4v) is 2.29. The van der Waals surface area contributed by atoms with E-state index in [1.807, 2.05) is 6.07 Å². The molecule has 1 aromatic carbocycles. The van der Waals surface area contributed by atoms with E-state index in [0.717, 1.165) is 5.56 Å². The third kappa shape index (κ3) is 5.94. The number of ketones is 1.